The Balaban J connectivity index is 1.67. The molecule has 1 aromatic rings. The van der Waals surface area contributed by atoms with Gasteiger partial charge in [0.15, 0.2) is 0 Å². The molecule has 0 unspecified atom stereocenters. The number of piperazine rings is 1. The first-order valence-electron chi connectivity index (χ1n) is 8.60. The van der Waals surface area contributed by atoms with Crippen molar-refractivity contribution in [3.8, 4) is 0 Å². The number of aryl methyl sites for hydroxylation is 1. The zero-order chi connectivity index (χ0) is 17.4. The Hall–Kier alpha value is -1.92. The number of amides is 2. The van der Waals surface area contributed by atoms with Gasteiger partial charge in [0.1, 0.15) is 0 Å². The highest BCUT2D eigenvalue weighted by molar-refractivity contribution is 5.85. The average Bonchev–Trinajstić information content (AvgIpc) is 2.55. The summed E-state index contributed by atoms with van der Waals surface area (Å²) >= 11 is 0. The van der Waals surface area contributed by atoms with Crippen LogP contribution in [0.4, 0.5) is 0 Å². The number of likely N-dealkylation sites (N-methyl/N-ethyl adjacent to an activating group) is 1. The summed E-state index contributed by atoms with van der Waals surface area (Å²) in [6, 6.07) is 8.59. The maximum atomic E-state index is 11.9. The summed E-state index contributed by atoms with van der Waals surface area (Å²) in [5.74, 6) is -0.234. The summed E-state index contributed by atoms with van der Waals surface area (Å²) in [5, 5.41) is 5.33. The van der Waals surface area contributed by atoms with Crippen LogP contribution in [0.25, 0.3) is 0 Å². The molecule has 0 aromatic heterocycles. The van der Waals surface area contributed by atoms with E-state index in [1.165, 1.54) is 11.1 Å². The Morgan fingerprint density at radius 3 is 2.42 bits per heavy atom. The van der Waals surface area contributed by atoms with Gasteiger partial charge in [-0.15, -0.1) is 0 Å². The molecule has 132 valence electrons. The van der Waals surface area contributed by atoms with Gasteiger partial charge in [0.05, 0.1) is 13.1 Å². The Labute approximate surface area is 144 Å². The number of nitrogens with one attached hydrogen (secondary N) is 2. The minimum Gasteiger partial charge on any atom is -0.355 e. The minimum atomic E-state index is -0.145. The number of nitrogens with zero attached hydrogens (tertiary/aromatic N) is 2. The highest BCUT2D eigenvalue weighted by Gasteiger charge is 2.19. The van der Waals surface area contributed by atoms with E-state index in [2.05, 4.69) is 51.6 Å². The maximum Gasteiger partial charge on any atom is 0.239 e. The summed E-state index contributed by atoms with van der Waals surface area (Å²) in [7, 11) is 0. The van der Waals surface area contributed by atoms with Crippen LogP contribution in [-0.4, -0.2) is 67.4 Å². The zero-order valence-electron chi connectivity index (χ0n) is 14.7. The van der Waals surface area contributed by atoms with E-state index >= 15 is 0 Å². The minimum absolute atomic E-state index is 0.0556. The smallest absolute Gasteiger partial charge is 0.239 e. The van der Waals surface area contributed by atoms with Gasteiger partial charge in [-0.05, 0) is 19.4 Å². The molecular formula is C18H28N4O2. The molecule has 0 spiro atoms. The fraction of sp³-hybridized carbons (Fsp3) is 0.556. The molecular weight excluding hydrogens is 304 g/mol. The molecule has 1 heterocycles. The summed E-state index contributed by atoms with van der Waals surface area (Å²) in [6.45, 7) is 9.58. The van der Waals surface area contributed by atoms with Gasteiger partial charge < -0.3 is 10.6 Å². The highest BCUT2D eigenvalue weighted by Crippen LogP contribution is 2.10. The van der Waals surface area contributed by atoms with E-state index in [9.17, 15) is 9.59 Å². The van der Waals surface area contributed by atoms with Crippen molar-refractivity contribution in [1.82, 2.24) is 20.4 Å². The van der Waals surface area contributed by atoms with Crippen molar-refractivity contribution in [1.29, 1.82) is 0 Å². The molecule has 1 aliphatic heterocycles. The molecule has 1 aromatic carbocycles. The summed E-state index contributed by atoms with van der Waals surface area (Å²) < 4.78 is 0. The number of benzene rings is 1. The van der Waals surface area contributed by atoms with Crippen LogP contribution in [-0.2, 0) is 16.1 Å². The molecule has 0 aliphatic carbocycles. The molecule has 6 heteroatoms. The number of hydrogen-bond acceptors (Lipinski definition) is 4. The SMILES string of the molecule is CCNC(=O)CNC(=O)CN1CCN(Cc2cccc(C)c2)CC1. The van der Waals surface area contributed by atoms with E-state index in [1.54, 1.807) is 0 Å². The lowest BCUT2D eigenvalue weighted by Gasteiger charge is -2.34. The molecule has 2 rings (SSSR count). The second-order valence-corrected chi connectivity index (χ2v) is 6.27. The third-order valence-electron chi connectivity index (χ3n) is 4.14. The van der Waals surface area contributed by atoms with Crippen molar-refractivity contribution in [3.05, 3.63) is 35.4 Å². The largest absolute Gasteiger partial charge is 0.355 e. The van der Waals surface area contributed by atoms with Crippen LogP contribution < -0.4 is 10.6 Å². The van der Waals surface area contributed by atoms with Crippen LogP contribution in [0.2, 0.25) is 0 Å². The van der Waals surface area contributed by atoms with E-state index in [0.717, 1.165) is 32.7 Å². The predicted octanol–water partition coefficient (Wildman–Crippen LogP) is 0.365. The molecule has 1 saturated heterocycles. The standard InChI is InChI=1S/C18H28N4O2/c1-3-19-17(23)12-20-18(24)14-22-9-7-21(8-10-22)13-16-6-4-5-15(2)11-16/h4-6,11H,3,7-10,12-14H2,1-2H3,(H,19,23)(H,20,24). The van der Waals surface area contributed by atoms with Crippen LogP contribution in [0.3, 0.4) is 0 Å². The van der Waals surface area contributed by atoms with Crippen LogP contribution in [0.1, 0.15) is 18.1 Å². The van der Waals surface area contributed by atoms with E-state index in [1.807, 2.05) is 6.92 Å². The highest BCUT2D eigenvalue weighted by atomic mass is 16.2. The van der Waals surface area contributed by atoms with Crippen LogP contribution in [0.5, 0.6) is 0 Å². The Kier molecular flexibility index (Phi) is 7.21. The lowest BCUT2D eigenvalue weighted by molar-refractivity contribution is -0.127. The Morgan fingerprint density at radius 2 is 1.75 bits per heavy atom. The Morgan fingerprint density at radius 1 is 1.04 bits per heavy atom. The fourth-order valence-electron chi connectivity index (χ4n) is 2.87. The molecule has 1 fully saturated rings. The van der Waals surface area contributed by atoms with Gasteiger partial charge >= 0.3 is 0 Å². The lowest BCUT2D eigenvalue weighted by atomic mass is 10.1. The summed E-state index contributed by atoms with van der Waals surface area (Å²) in [4.78, 5) is 27.8. The second kappa shape index (κ2) is 9.39. The van der Waals surface area contributed by atoms with Crippen molar-refractivity contribution in [2.45, 2.75) is 20.4 Å². The van der Waals surface area contributed by atoms with Crippen molar-refractivity contribution in [2.75, 3.05) is 45.8 Å². The summed E-state index contributed by atoms with van der Waals surface area (Å²) in [5.41, 5.74) is 2.62. The van der Waals surface area contributed by atoms with Gasteiger partial charge in [0.25, 0.3) is 0 Å². The van der Waals surface area contributed by atoms with E-state index in [-0.39, 0.29) is 18.4 Å². The molecule has 24 heavy (non-hydrogen) atoms. The number of rotatable bonds is 7. The van der Waals surface area contributed by atoms with Gasteiger partial charge in [-0.25, -0.2) is 0 Å². The molecule has 0 saturated carbocycles. The van der Waals surface area contributed by atoms with Crippen molar-refractivity contribution < 1.29 is 9.59 Å². The topological polar surface area (TPSA) is 64.7 Å². The van der Waals surface area contributed by atoms with Gasteiger partial charge in [-0.1, -0.05) is 29.8 Å². The van der Waals surface area contributed by atoms with Gasteiger partial charge in [-0.3, -0.25) is 19.4 Å². The Bertz CT molecular complexity index is 554. The molecule has 2 N–H and O–H groups in total. The van der Waals surface area contributed by atoms with Gasteiger partial charge in [0.2, 0.25) is 11.8 Å². The predicted molar refractivity (Wildman–Crippen MR) is 94.6 cm³/mol. The van der Waals surface area contributed by atoms with Crippen LogP contribution in [0.15, 0.2) is 24.3 Å². The van der Waals surface area contributed by atoms with Crippen molar-refractivity contribution in [3.63, 3.8) is 0 Å². The molecule has 0 atom stereocenters. The molecule has 1 aliphatic rings. The van der Waals surface area contributed by atoms with Crippen molar-refractivity contribution >= 4 is 11.8 Å². The average molecular weight is 332 g/mol. The molecule has 2 amide bonds. The molecule has 0 bridgehead atoms. The third kappa shape index (κ3) is 6.29. The van der Waals surface area contributed by atoms with E-state index in [4.69, 9.17) is 0 Å². The maximum absolute atomic E-state index is 11.9. The summed E-state index contributed by atoms with van der Waals surface area (Å²) in [6.07, 6.45) is 0. The monoisotopic (exact) mass is 332 g/mol. The van der Waals surface area contributed by atoms with Crippen LogP contribution >= 0.6 is 0 Å². The van der Waals surface area contributed by atoms with Crippen molar-refractivity contribution in [2.24, 2.45) is 0 Å². The van der Waals surface area contributed by atoms with Gasteiger partial charge in [0, 0.05) is 39.3 Å². The first-order valence-corrected chi connectivity index (χ1v) is 8.60. The first-order chi connectivity index (χ1) is 11.6. The first kappa shape index (κ1) is 18.4. The van der Waals surface area contributed by atoms with Crippen LogP contribution in [0, 0.1) is 6.92 Å². The molecule has 0 radical (unpaired) electrons. The fourth-order valence-corrected chi connectivity index (χ4v) is 2.87. The lowest BCUT2D eigenvalue weighted by Crippen LogP contribution is -2.49. The normalized spacial score (nSPS) is 15.9. The quantitative estimate of drug-likeness (QED) is 0.757. The molecule has 6 nitrogen and oxygen atoms in total. The third-order valence-corrected chi connectivity index (χ3v) is 4.14. The second-order valence-electron chi connectivity index (χ2n) is 6.27. The number of carbonyl (C=O) groups is 2. The number of carbonyl (C=O) groups excluding carboxylic acids is 2. The van der Waals surface area contributed by atoms with Gasteiger partial charge in [-0.2, -0.15) is 0 Å². The number of hydrogen-bond donors (Lipinski definition) is 2. The van der Waals surface area contributed by atoms with E-state index in [0.29, 0.717) is 13.1 Å². The van der Waals surface area contributed by atoms with E-state index < -0.39 is 0 Å². The zero-order valence-corrected chi connectivity index (χ0v) is 14.7.